The van der Waals surface area contributed by atoms with E-state index in [-0.39, 0.29) is 5.76 Å². The van der Waals surface area contributed by atoms with Crippen molar-refractivity contribution in [2.24, 2.45) is 0 Å². The third kappa shape index (κ3) is 2.19. The van der Waals surface area contributed by atoms with Crippen LogP contribution in [-0.4, -0.2) is 25.2 Å². The highest BCUT2D eigenvalue weighted by Gasteiger charge is 2.40. The van der Waals surface area contributed by atoms with E-state index in [0.717, 1.165) is 6.26 Å². The molecule has 0 saturated heterocycles. The monoisotopic (exact) mass is 244 g/mol. The normalized spacial score (nSPS) is 12.8. The van der Waals surface area contributed by atoms with E-state index in [4.69, 9.17) is 4.42 Å². The van der Waals surface area contributed by atoms with Gasteiger partial charge in [0.05, 0.1) is 0 Å². The van der Waals surface area contributed by atoms with Crippen LogP contribution in [0.3, 0.4) is 0 Å². The summed E-state index contributed by atoms with van der Waals surface area (Å²) < 4.78 is 26.8. The summed E-state index contributed by atoms with van der Waals surface area (Å²) in [5.41, 5.74) is 0. The maximum Gasteiger partial charge on any atom is 0.218 e. The summed E-state index contributed by atoms with van der Waals surface area (Å²) >= 11 is 0. The Morgan fingerprint density at radius 2 is 1.94 bits per heavy atom. The van der Waals surface area contributed by atoms with Crippen molar-refractivity contribution < 1.29 is 17.6 Å². The first-order valence-corrected chi connectivity index (χ1v) is 6.92. The molecule has 16 heavy (non-hydrogen) atoms. The summed E-state index contributed by atoms with van der Waals surface area (Å²) in [5.74, 6) is 0.273. The fourth-order valence-electron chi connectivity index (χ4n) is 1.16. The summed E-state index contributed by atoms with van der Waals surface area (Å²) in [7, 11) is -3.46. The van der Waals surface area contributed by atoms with Gasteiger partial charge >= 0.3 is 0 Å². The summed E-state index contributed by atoms with van der Waals surface area (Å²) in [5, 5.41) is 0. The van der Waals surface area contributed by atoms with Crippen molar-refractivity contribution >= 4 is 15.6 Å². The first-order chi connectivity index (χ1) is 7.20. The van der Waals surface area contributed by atoms with E-state index in [9.17, 15) is 13.2 Å². The van der Waals surface area contributed by atoms with Crippen molar-refractivity contribution in [3.63, 3.8) is 0 Å². The van der Waals surface area contributed by atoms with Crippen LogP contribution in [0.15, 0.2) is 16.5 Å². The van der Waals surface area contributed by atoms with E-state index in [2.05, 4.69) is 0 Å². The molecule has 5 heteroatoms. The first kappa shape index (κ1) is 13.0. The lowest BCUT2D eigenvalue weighted by Gasteiger charge is -2.19. The number of Topliss-reactive ketones (excluding diaryl/α,β-unsaturated/α-hetero) is 1. The van der Waals surface area contributed by atoms with E-state index in [1.54, 1.807) is 6.07 Å². The second-order valence-corrected chi connectivity index (χ2v) is 6.80. The first-order valence-electron chi connectivity index (χ1n) is 5.03. The third-order valence-electron chi connectivity index (χ3n) is 2.71. The fraction of sp³-hybridized carbons (Fsp3) is 0.545. The number of sulfone groups is 1. The zero-order chi connectivity index (χ0) is 12.6. The molecule has 0 amide bonds. The molecule has 90 valence electrons. The minimum atomic E-state index is -3.46. The highest BCUT2D eigenvalue weighted by Crippen LogP contribution is 2.22. The molecule has 4 nitrogen and oxygen atoms in total. The van der Waals surface area contributed by atoms with Crippen LogP contribution in [0.25, 0.3) is 0 Å². The number of carbonyl (C=O) groups excluding carboxylic acids is 1. The van der Waals surface area contributed by atoms with E-state index in [1.165, 1.54) is 19.9 Å². The molecule has 0 aliphatic heterocycles. The Labute approximate surface area is 95.6 Å². The molecular formula is C11H16O4S. The molecular weight excluding hydrogens is 228 g/mol. The number of rotatable bonds is 4. The van der Waals surface area contributed by atoms with Gasteiger partial charge in [0.2, 0.25) is 5.78 Å². The van der Waals surface area contributed by atoms with E-state index < -0.39 is 20.4 Å². The number of carbonyl (C=O) groups is 1. The number of hydrogen-bond acceptors (Lipinski definition) is 4. The van der Waals surface area contributed by atoms with Crippen molar-refractivity contribution in [2.75, 3.05) is 6.26 Å². The summed E-state index contributed by atoms with van der Waals surface area (Å²) in [6.45, 7) is 4.67. The van der Waals surface area contributed by atoms with Crippen molar-refractivity contribution in [3.05, 3.63) is 23.7 Å². The smallest absolute Gasteiger partial charge is 0.218 e. The molecule has 1 aromatic rings. The average Bonchev–Trinajstić information content (AvgIpc) is 2.62. The van der Waals surface area contributed by atoms with Gasteiger partial charge in [0.1, 0.15) is 10.5 Å². The number of aryl methyl sites for hydroxylation is 1. The summed E-state index contributed by atoms with van der Waals surface area (Å²) in [4.78, 5) is 12.0. The van der Waals surface area contributed by atoms with Crippen molar-refractivity contribution in [1.29, 1.82) is 0 Å². The largest absolute Gasteiger partial charge is 0.458 e. The molecule has 0 bridgehead atoms. The zero-order valence-corrected chi connectivity index (χ0v) is 10.7. The van der Waals surface area contributed by atoms with E-state index >= 15 is 0 Å². The SMILES string of the molecule is CCc1ccc(C(=O)C(C)(C)S(C)(=O)=O)o1. The van der Waals surface area contributed by atoms with E-state index in [0.29, 0.717) is 12.2 Å². The van der Waals surface area contributed by atoms with Gasteiger partial charge in [-0.3, -0.25) is 4.79 Å². The van der Waals surface area contributed by atoms with Crippen molar-refractivity contribution in [1.82, 2.24) is 0 Å². The Morgan fingerprint density at radius 3 is 2.31 bits per heavy atom. The summed E-state index contributed by atoms with van der Waals surface area (Å²) in [6.07, 6.45) is 1.72. The van der Waals surface area contributed by atoms with Gasteiger partial charge in [-0.1, -0.05) is 6.92 Å². The molecule has 1 rings (SSSR count). The quantitative estimate of drug-likeness (QED) is 0.758. The van der Waals surface area contributed by atoms with Gasteiger partial charge in [0, 0.05) is 12.7 Å². The minimum Gasteiger partial charge on any atom is -0.458 e. The summed E-state index contributed by atoms with van der Waals surface area (Å²) in [6, 6.07) is 3.21. The molecule has 0 aliphatic carbocycles. The number of hydrogen-bond donors (Lipinski definition) is 0. The van der Waals surface area contributed by atoms with Gasteiger partial charge in [-0.2, -0.15) is 0 Å². The molecule has 1 heterocycles. The lowest BCUT2D eigenvalue weighted by molar-refractivity contribution is 0.0925. The lowest BCUT2D eigenvalue weighted by atomic mass is 10.1. The molecule has 0 aliphatic rings. The Balaban J connectivity index is 3.12. The highest BCUT2D eigenvalue weighted by atomic mass is 32.2. The average molecular weight is 244 g/mol. The molecule has 0 N–H and O–H groups in total. The van der Waals surface area contributed by atoms with Gasteiger partial charge in [0.15, 0.2) is 15.6 Å². The molecule has 0 spiro atoms. The van der Waals surface area contributed by atoms with Gasteiger partial charge in [0.25, 0.3) is 0 Å². The predicted molar refractivity (Wildman–Crippen MR) is 61.3 cm³/mol. The standard InChI is InChI=1S/C11H16O4S/c1-5-8-6-7-9(15-8)10(12)11(2,3)16(4,13)14/h6-7H,5H2,1-4H3. The second kappa shape index (κ2) is 4.05. The lowest BCUT2D eigenvalue weighted by Crippen LogP contribution is -2.39. The Hall–Kier alpha value is -1.10. The van der Waals surface area contributed by atoms with Gasteiger partial charge in [-0.05, 0) is 26.0 Å². The van der Waals surface area contributed by atoms with Crippen LogP contribution in [-0.2, 0) is 16.3 Å². The number of furan rings is 1. The molecule has 0 saturated carbocycles. The highest BCUT2D eigenvalue weighted by molar-refractivity contribution is 7.92. The van der Waals surface area contributed by atoms with Gasteiger partial charge < -0.3 is 4.42 Å². The molecule has 0 radical (unpaired) electrons. The maximum atomic E-state index is 12.0. The van der Waals surface area contributed by atoms with E-state index in [1.807, 2.05) is 6.92 Å². The van der Waals surface area contributed by atoms with Crippen molar-refractivity contribution in [2.45, 2.75) is 31.9 Å². The fourth-order valence-corrected chi connectivity index (χ4v) is 1.59. The van der Waals surface area contributed by atoms with Crippen LogP contribution in [0.1, 0.15) is 37.1 Å². The second-order valence-electron chi connectivity index (χ2n) is 4.23. The Morgan fingerprint density at radius 1 is 1.38 bits per heavy atom. The topological polar surface area (TPSA) is 64.3 Å². The van der Waals surface area contributed by atoms with Gasteiger partial charge in [-0.15, -0.1) is 0 Å². The maximum absolute atomic E-state index is 12.0. The van der Waals surface area contributed by atoms with Crippen molar-refractivity contribution in [3.8, 4) is 0 Å². The molecule has 0 fully saturated rings. The van der Waals surface area contributed by atoms with Crippen LogP contribution >= 0.6 is 0 Å². The molecule has 0 unspecified atom stereocenters. The van der Waals surface area contributed by atoms with Gasteiger partial charge in [-0.25, -0.2) is 8.42 Å². The van der Waals surface area contributed by atoms with Crippen LogP contribution in [0, 0.1) is 0 Å². The number of ketones is 1. The third-order valence-corrected chi connectivity index (χ3v) is 4.75. The zero-order valence-electron chi connectivity index (χ0n) is 9.90. The van der Waals surface area contributed by atoms with Crippen LogP contribution in [0.5, 0.6) is 0 Å². The Kier molecular flexibility index (Phi) is 3.28. The van der Waals surface area contributed by atoms with Crippen LogP contribution < -0.4 is 0 Å². The molecule has 0 atom stereocenters. The predicted octanol–water partition coefficient (Wildman–Crippen LogP) is 1.85. The van der Waals surface area contributed by atoms with Crippen LogP contribution in [0.2, 0.25) is 0 Å². The molecule has 0 aromatic carbocycles. The minimum absolute atomic E-state index is 0.104. The van der Waals surface area contributed by atoms with Crippen LogP contribution in [0.4, 0.5) is 0 Å². The Bertz CT molecular complexity index is 494. The molecule has 1 aromatic heterocycles.